The average Bonchev–Trinajstić information content (AvgIpc) is 3.10. The number of nitrogens with one attached hydrogen (secondary N) is 1. The summed E-state index contributed by atoms with van der Waals surface area (Å²) >= 11 is 1.54. The second-order valence-electron chi connectivity index (χ2n) is 6.91. The lowest BCUT2D eigenvalue weighted by Crippen LogP contribution is -2.17. The first-order chi connectivity index (χ1) is 11.3. The van der Waals surface area contributed by atoms with Gasteiger partial charge >= 0.3 is 6.09 Å². The van der Waals surface area contributed by atoms with Crippen molar-refractivity contribution in [2.75, 3.05) is 12.3 Å². The number of rotatable bonds is 4. The van der Waals surface area contributed by atoms with Gasteiger partial charge in [-0.15, -0.1) is 10.2 Å². The summed E-state index contributed by atoms with van der Waals surface area (Å²) in [5.41, 5.74) is 2.46. The Hall–Kier alpha value is -2.02. The standard InChI is InChI=1S/C17H22N4O2S/c1-17(2,3)12-7-5-11(6-8-12)14-19-20-15(21(14)4)24-10-13-9-18-16(22)23-13/h5-8,13H,9-10H2,1-4H3,(H,18,22)/t13-/m1/s1. The van der Waals surface area contributed by atoms with Gasteiger partial charge in [0.1, 0.15) is 6.10 Å². The van der Waals surface area contributed by atoms with E-state index in [1.54, 1.807) is 11.8 Å². The van der Waals surface area contributed by atoms with Crippen LogP contribution in [0.3, 0.4) is 0 Å². The molecule has 1 N–H and O–H groups in total. The van der Waals surface area contributed by atoms with Gasteiger partial charge in [-0.1, -0.05) is 56.8 Å². The van der Waals surface area contributed by atoms with Gasteiger partial charge in [-0.05, 0) is 11.0 Å². The molecule has 7 heteroatoms. The van der Waals surface area contributed by atoms with E-state index < -0.39 is 0 Å². The fraction of sp³-hybridized carbons (Fsp3) is 0.471. The van der Waals surface area contributed by atoms with Gasteiger partial charge in [0.2, 0.25) is 0 Å². The molecule has 2 heterocycles. The minimum atomic E-state index is -0.349. The summed E-state index contributed by atoms with van der Waals surface area (Å²) in [6.45, 7) is 7.14. The molecule has 3 rings (SSSR count). The third-order valence-corrected chi connectivity index (χ3v) is 5.14. The molecular weight excluding hydrogens is 324 g/mol. The van der Waals surface area contributed by atoms with Gasteiger partial charge in [-0.3, -0.25) is 0 Å². The normalized spacial score (nSPS) is 17.7. The minimum Gasteiger partial charge on any atom is -0.443 e. The maximum absolute atomic E-state index is 11.0. The Kier molecular flexibility index (Phi) is 4.54. The summed E-state index contributed by atoms with van der Waals surface area (Å²) in [6, 6.07) is 8.45. The molecule has 1 aliphatic rings. The van der Waals surface area contributed by atoms with Gasteiger partial charge in [0, 0.05) is 18.4 Å². The highest BCUT2D eigenvalue weighted by Gasteiger charge is 2.23. The van der Waals surface area contributed by atoms with Crippen molar-refractivity contribution in [2.45, 2.75) is 37.4 Å². The second-order valence-corrected chi connectivity index (χ2v) is 7.90. The molecule has 1 aromatic carbocycles. The zero-order valence-electron chi connectivity index (χ0n) is 14.4. The van der Waals surface area contributed by atoms with Crippen LogP contribution in [-0.2, 0) is 17.2 Å². The molecule has 1 amide bonds. The molecule has 1 aromatic heterocycles. The van der Waals surface area contributed by atoms with Crippen LogP contribution >= 0.6 is 11.8 Å². The first kappa shape index (κ1) is 16.8. The zero-order chi connectivity index (χ0) is 17.3. The van der Waals surface area contributed by atoms with E-state index in [1.165, 1.54) is 5.56 Å². The van der Waals surface area contributed by atoms with Crippen LogP contribution in [0.1, 0.15) is 26.3 Å². The van der Waals surface area contributed by atoms with E-state index >= 15 is 0 Å². The Balaban J connectivity index is 1.71. The monoisotopic (exact) mass is 346 g/mol. The first-order valence-corrected chi connectivity index (χ1v) is 8.91. The van der Waals surface area contributed by atoms with Gasteiger partial charge in [0.15, 0.2) is 11.0 Å². The van der Waals surface area contributed by atoms with E-state index in [2.05, 4.69) is 60.6 Å². The largest absolute Gasteiger partial charge is 0.443 e. The molecule has 0 saturated carbocycles. The van der Waals surface area contributed by atoms with Crippen LogP contribution in [0, 0.1) is 0 Å². The van der Waals surface area contributed by atoms with Crippen LogP contribution in [0.15, 0.2) is 29.4 Å². The number of benzene rings is 1. The molecule has 0 bridgehead atoms. The van der Waals surface area contributed by atoms with Gasteiger partial charge in [0.25, 0.3) is 0 Å². The number of thioether (sulfide) groups is 1. The SMILES string of the molecule is Cn1c(SC[C@H]2CNC(=O)O2)nnc1-c1ccc(C(C)(C)C)cc1. The minimum absolute atomic E-state index is 0.117. The van der Waals surface area contributed by atoms with E-state index in [0.29, 0.717) is 12.3 Å². The van der Waals surface area contributed by atoms with Crippen molar-refractivity contribution >= 4 is 17.9 Å². The Bertz CT molecular complexity index is 734. The van der Waals surface area contributed by atoms with Crippen LogP contribution < -0.4 is 5.32 Å². The lowest BCUT2D eigenvalue weighted by molar-refractivity contribution is 0.150. The highest BCUT2D eigenvalue weighted by Crippen LogP contribution is 2.27. The number of amides is 1. The topological polar surface area (TPSA) is 69.0 Å². The van der Waals surface area contributed by atoms with Crippen LogP contribution in [0.4, 0.5) is 4.79 Å². The number of nitrogens with zero attached hydrogens (tertiary/aromatic N) is 3. The van der Waals surface area contributed by atoms with Crippen LogP contribution in [0.25, 0.3) is 11.4 Å². The molecule has 0 radical (unpaired) electrons. The first-order valence-electron chi connectivity index (χ1n) is 7.92. The molecule has 6 nitrogen and oxygen atoms in total. The number of carbonyl (C=O) groups excluding carboxylic acids is 1. The van der Waals surface area contributed by atoms with Gasteiger partial charge in [-0.2, -0.15) is 0 Å². The van der Waals surface area contributed by atoms with Gasteiger partial charge < -0.3 is 14.6 Å². The number of cyclic esters (lactones) is 1. The third-order valence-electron chi connectivity index (χ3n) is 3.99. The number of hydrogen-bond acceptors (Lipinski definition) is 5. The lowest BCUT2D eigenvalue weighted by Gasteiger charge is -2.19. The highest BCUT2D eigenvalue weighted by atomic mass is 32.2. The predicted octanol–water partition coefficient (Wildman–Crippen LogP) is 2.98. The Morgan fingerprint density at radius 1 is 1.29 bits per heavy atom. The number of carbonyl (C=O) groups is 1. The van der Waals surface area contributed by atoms with Crippen LogP contribution in [0.5, 0.6) is 0 Å². The van der Waals surface area contributed by atoms with Crippen LogP contribution in [0.2, 0.25) is 0 Å². The second kappa shape index (κ2) is 6.47. The molecule has 128 valence electrons. The van der Waals surface area contributed by atoms with E-state index in [0.717, 1.165) is 16.5 Å². The van der Waals surface area contributed by atoms with Crippen molar-refractivity contribution in [3.8, 4) is 11.4 Å². The smallest absolute Gasteiger partial charge is 0.407 e. The number of aromatic nitrogens is 3. The summed E-state index contributed by atoms with van der Waals surface area (Å²) in [5, 5.41) is 12.0. The van der Waals surface area contributed by atoms with E-state index in [4.69, 9.17) is 4.74 Å². The zero-order valence-corrected chi connectivity index (χ0v) is 15.2. The van der Waals surface area contributed by atoms with E-state index in [9.17, 15) is 4.79 Å². The molecule has 24 heavy (non-hydrogen) atoms. The number of ether oxygens (including phenoxy) is 1. The summed E-state index contributed by atoms with van der Waals surface area (Å²) < 4.78 is 7.10. The van der Waals surface area contributed by atoms with Crippen molar-refractivity contribution in [2.24, 2.45) is 7.05 Å². The highest BCUT2D eigenvalue weighted by molar-refractivity contribution is 7.99. The summed E-state index contributed by atoms with van der Waals surface area (Å²) in [5.74, 6) is 1.49. The summed E-state index contributed by atoms with van der Waals surface area (Å²) in [6.07, 6.45) is -0.466. The molecule has 0 spiro atoms. The summed E-state index contributed by atoms with van der Waals surface area (Å²) in [4.78, 5) is 11.0. The molecular formula is C17H22N4O2S. The third kappa shape index (κ3) is 3.56. The maximum atomic E-state index is 11.0. The molecule has 1 saturated heterocycles. The Morgan fingerprint density at radius 2 is 2.00 bits per heavy atom. The molecule has 1 aliphatic heterocycles. The molecule has 2 aromatic rings. The predicted molar refractivity (Wildman–Crippen MR) is 94.1 cm³/mol. The Morgan fingerprint density at radius 3 is 2.58 bits per heavy atom. The Labute approximate surface area is 146 Å². The molecule has 1 fully saturated rings. The number of alkyl carbamates (subject to hydrolysis) is 1. The lowest BCUT2D eigenvalue weighted by atomic mass is 9.87. The molecule has 0 unspecified atom stereocenters. The van der Waals surface area contributed by atoms with Gasteiger partial charge in [-0.25, -0.2) is 4.79 Å². The maximum Gasteiger partial charge on any atom is 0.407 e. The van der Waals surface area contributed by atoms with Crippen molar-refractivity contribution in [3.63, 3.8) is 0 Å². The van der Waals surface area contributed by atoms with Crippen molar-refractivity contribution in [3.05, 3.63) is 29.8 Å². The van der Waals surface area contributed by atoms with E-state index in [-0.39, 0.29) is 17.6 Å². The fourth-order valence-corrected chi connectivity index (χ4v) is 3.40. The number of hydrogen-bond donors (Lipinski definition) is 1. The van der Waals surface area contributed by atoms with Crippen molar-refractivity contribution in [1.29, 1.82) is 0 Å². The van der Waals surface area contributed by atoms with E-state index in [1.807, 2.05) is 11.6 Å². The summed E-state index contributed by atoms with van der Waals surface area (Å²) in [7, 11) is 1.95. The van der Waals surface area contributed by atoms with Gasteiger partial charge in [0.05, 0.1) is 6.54 Å². The quantitative estimate of drug-likeness (QED) is 0.862. The van der Waals surface area contributed by atoms with Crippen molar-refractivity contribution < 1.29 is 9.53 Å². The molecule has 0 aliphatic carbocycles. The fourth-order valence-electron chi connectivity index (χ4n) is 2.50. The molecule has 1 atom stereocenters. The van der Waals surface area contributed by atoms with Crippen LogP contribution in [-0.4, -0.2) is 39.3 Å². The average molecular weight is 346 g/mol. The van der Waals surface area contributed by atoms with Crippen molar-refractivity contribution in [1.82, 2.24) is 20.1 Å².